The summed E-state index contributed by atoms with van der Waals surface area (Å²) in [4.78, 5) is 14.9. The van der Waals surface area contributed by atoms with Crippen molar-refractivity contribution in [2.24, 2.45) is 0 Å². The van der Waals surface area contributed by atoms with Crippen molar-refractivity contribution in [3.05, 3.63) is 65.7 Å². The number of rotatable bonds is 7. The Morgan fingerprint density at radius 3 is 2.38 bits per heavy atom. The Labute approximate surface area is 153 Å². The van der Waals surface area contributed by atoms with Gasteiger partial charge in [-0.1, -0.05) is 42.5 Å². The number of nitrogens with one attached hydrogen (secondary N) is 1. The number of sulfonamides is 1. The summed E-state index contributed by atoms with van der Waals surface area (Å²) in [6, 6.07) is 15.0. The van der Waals surface area contributed by atoms with Gasteiger partial charge in [0.15, 0.2) is 5.78 Å². The zero-order chi connectivity index (χ0) is 18.4. The average molecular weight is 374 g/mol. The number of nitrogens with zero attached hydrogens (tertiary/aromatic N) is 1. The van der Waals surface area contributed by atoms with Crippen LogP contribution in [-0.2, 0) is 14.8 Å². The molecule has 1 N–H and O–H groups in total. The van der Waals surface area contributed by atoms with Gasteiger partial charge >= 0.3 is 0 Å². The first-order valence-electron chi connectivity index (χ1n) is 8.56. The molecule has 0 radical (unpaired) electrons. The van der Waals surface area contributed by atoms with Crippen molar-refractivity contribution in [2.75, 3.05) is 39.4 Å². The minimum Gasteiger partial charge on any atom is -0.379 e. The number of ketones is 1. The van der Waals surface area contributed by atoms with Gasteiger partial charge in [0.1, 0.15) is 0 Å². The highest BCUT2D eigenvalue weighted by atomic mass is 32.2. The van der Waals surface area contributed by atoms with Crippen LogP contribution in [0.5, 0.6) is 0 Å². The molecule has 0 saturated carbocycles. The van der Waals surface area contributed by atoms with Crippen LogP contribution in [0.3, 0.4) is 0 Å². The van der Waals surface area contributed by atoms with E-state index in [9.17, 15) is 13.2 Å². The lowest BCUT2D eigenvalue weighted by atomic mass is 10.0. The topological polar surface area (TPSA) is 75.7 Å². The van der Waals surface area contributed by atoms with Crippen molar-refractivity contribution >= 4 is 15.8 Å². The van der Waals surface area contributed by atoms with Crippen LogP contribution in [0.15, 0.2) is 59.5 Å². The quantitative estimate of drug-likeness (QED) is 0.744. The molecule has 1 aliphatic rings. The van der Waals surface area contributed by atoms with Crippen LogP contribution in [0.1, 0.15) is 15.9 Å². The number of morpholine rings is 1. The molecule has 138 valence electrons. The lowest BCUT2D eigenvalue weighted by Gasteiger charge is -2.26. The summed E-state index contributed by atoms with van der Waals surface area (Å²) in [7, 11) is -3.77. The third-order valence-corrected chi connectivity index (χ3v) is 5.80. The van der Waals surface area contributed by atoms with Crippen LogP contribution in [0.4, 0.5) is 0 Å². The van der Waals surface area contributed by atoms with Gasteiger partial charge in [0.25, 0.3) is 0 Å². The molecule has 26 heavy (non-hydrogen) atoms. The van der Waals surface area contributed by atoms with Crippen LogP contribution in [0.25, 0.3) is 0 Å². The predicted octanol–water partition coefficient (Wildman–Crippen LogP) is 1.53. The number of carbonyl (C=O) groups is 1. The highest BCUT2D eigenvalue weighted by molar-refractivity contribution is 7.89. The van der Waals surface area contributed by atoms with Crippen LogP contribution in [0, 0.1) is 0 Å². The van der Waals surface area contributed by atoms with Gasteiger partial charge in [-0.05, 0) is 12.1 Å². The first-order chi connectivity index (χ1) is 12.6. The van der Waals surface area contributed by atoms with Crippen LogP contribution in [-0.4, -0.2) is 58.5 Å². The molecule has 0 aromatic heterocycles. The van der Waals surface area contributed by atoms with Crippen LogP contribution < -0.4 is 4.72 Å². The summed E-state index contributed by atoms with van der Waals surface area (Å²) in [5.74, 6) is -0.306. The van der Waals surface area contributed by atoms with Gasteiger partial charge in [-0.15, -0.1) is 0 Å². The molecule has 0 amide bonds. The molecule has 0 unspecified atom stereocenters. The standard InChI is InChI=1S/C19H22N2O4S/c22-19(16-6-2-1-3-7-16)17-8-4-5-9-18(17)26(23,24)20-10-11-21-12-14-25-15-13-21/h1-9,20H,10-15H2. The number of benzene rings is 2. The molecule has 6 nitrogen and oxygen atoms in total. The molecular weight excluding hydrogens is 352 g/mol. The van der Waals surface area contributed by atoms with E-state index >= 15 is 0 Å². The molecule has 1 aliphatic heterocycles. The van der Waals surface area contributed by atoms with Crippen molar-refractivity contribution in [3.8, 4) is 0 Å². The first kappa shape index (κ1) is 18.7. The smallest absolute Gasteiger partial charge is 0.241 e. The van der Waals surface area contributed by atoms with E-state index in [1.807, 2.05) is 6.07 Å². The van der Waals surface area contributed by atoms with Crippen LogP contribution in [0.2, 0.25) is 0 Å². The molecule has 1 fully saturated rings. The van der Waals surface area contributed by atoms with Gasteiger partial charge in [0.2, 0.25) is 10.0 Å². The number of hydrogen-bond acceptors (Lipinski definition) is 5. The van der Waals surface area contributed by atoms with E-state index < -0.39 is 10.0 Å². The molecule has 0 spiro atoms. The third kappa shape index (κ3) is 4.56. The lowest BCUT2D eigenvalue weighted by molar-refractivity contribution is 0.0390. The van der Waals surface area contributed by atoms with E-state index in [0.29, 0.717) is 25.3 Å². The number of carbonyl (C=O) groups excluding carboxylic acids is 1. The fourth-order valence-corrected chi connectivity index (χ4v) is 4.10. The Bertz CT molecular complexity index is 847. The van der Waals surface area contributed by atoms with E-state index in [-0.39, 0.29) is 22.8 Å². The second-order valence-corrected chi connectivity index (χ2v) is 7.78. The van der Waals surface area contributed by atoms with E-state index in [2.05, 4.69) is 9.62 Å². The van der Waals surface area contributed by atoms with Gasteiger partial charge in [-0.25, -0.2) is 13.1 Å². The van der Waals surface area contributed by atoms with E-state index in [1.165, 1.54) is 6.07 Å². The van der Waals surface area contributed by atoms with E-state index in [1.54, 1.807) is 42.5 Å². The molecule has 0 atom stereocenters. The number of hydrogen-bond donors (Lipinski definition) is 1. The molecular formula is C19H22N2O4S. The van der Waals surface area contributed by atoms with Gasteiger partial charge in [0.05, 0.1) is 18.1 Å². The number of ether oxygens (including phenoxy) is 1. The van der Waals surface area contributed by atoms with Gasteiger partial charge in [-0.2, -0.15) is 0 Å². The summed E-state index contributed by atoms with van der Waals surface area (Å²) in [5.41, 5.74) is 0.640. The maximum atomic E-state index is 12.7. The predicted molar refractivity (Wildman–Crippen MR) is 98.8 cm³/mol. The Hall–Kier alpha value is -2.06. The molecule has 0 aliphatic carbocycles. The second kappa shape index (κ2) is 8.55. The molecule has 0 bridgehead atoms. The monoisotopic (exact) mass is 374 g/mol. The Balaban J connectivity index is 1.74. The molecule has 1 saturated heterocycles. The van der Waals surface area contributed by atoms with Crippen molar-refractivity contribution in [3.63, 3.8) is 0 Å². The van der Waals surface area contributed by atoms with E-state index in [0.717, 1.165) is 13.1 Å². The summed E-state index contributed by atoms with van der Waals surface area (Å²) in [6.07, 6.45) is 0. The highest BCUT2D eigenvalue weighted by Gasteiger charge is 2.23. The van der Waals surface area contributed by atoms with Gasteiger partial charge in [-0.3, -0.25) is 9.69 Å². The largest absolute Gasteiger partial charge is 0.379 e. The third-order valence-electron chi connectivity index (χ3n) is 4.28. The van der Waals surface area contributed by atoms with Crippen molar-refractivity contribution < 1.29 is 17.9 Å². The average Bonchev–Trinajstić information content (AvgIpc) is 2.69. The van der Waals surface area contributed by atoms with E-state index in [4.69, 9.17) is 4.74 Å². The van der Waals surface area contributed by atoms with Gasteiger partial charge < -0.3 is 4.74 Å². The molecule has 7 heteroatoms. The van der Waals surface area contributed by atoms with Crippen molar-refractivity contribution in [1.29, 1.82) is 0 Å². The first-order valence-corrected chi connectivity index (χ1v) is 10.0. The lowest BCUT2D eigenvalue weighted by Crippen LogP contribution is -2.41. The molecule has 1 heterocycles. The van der Waals surface area contributed by atoms with Crippen molar-refractivity contribution in [1.82, 2.24) is 9.62 Å². The molecule has 3 rings (SSSR count). The maximum absolute atomic E-state index is 12.7. The Morgan fingerprint density at radius 2 is 1.65 bits per heavy atom. The summed E-state index contributed by atoms with van der Waals surface area (Å²) >= 11 is 0. The minimum absolute atomic E-state index is 0.0100. The fourth-order valence-electron chi connectivity index (χ4n) is 2.87. The zero-order valence-corrected chi connectivity index (χ0v) is 15.2. The SMILES string of the molecule is O=C(c1ccccc1)c1ccccc1S(=O)(=O)NCCN1CCOCC1. The Morgan fingerprint density at radius 1 is 1.00 bits per heavy atom. The van der Waals surface area contributed by atoms with Gasteiger partial charge in [0, 0.05) is 37.3 Å². The Kier molecular flexibility index (Phi) is 6.16. The summed E-state index contributed by atoms with van der Waals surface area (Å²) < 4.78 is 33.3. The maximum Gasteiger partial charge on any atom is 0.241 e. The molecule has 2 aromatic rings. The van der Waals surface area contributed by atoms with Crippen LogP contribution >= 0.6 is 0 Å². The zero-order valence-electron chi connectivity index (χ0n) is 14.4. The molecule has 2 aromatic carbocycles. The summed E-state index contributed by atoms with van der Waals surface area (Å²) in [5, 5.41) is 0. The second-order valence-electron chi connectivity index (χ2n) is 6.04. The summed E-state index contributed by atoms with van der Waals surface area (Å²) in [6.45, 7) is 3.82. The highest BCUT2D eigenvalue weighted by Crippen LogP contribution is 2.19. The normalized spacial score (nSPS) is 15.7. The fraction of sp³-hybridized carbons (Fsp3) is 0.316. The van der Waals surface area contributed by atoms with Crippen molar-refractivity contribution in [2.45, 2.75) is 4.90 Å². The minimum atomic E-state index is -3.77.